The first-order chi connectivity index (χ1) is 10.7. The Morgan fingerprint density at radius 1 is 1.30 bits per heavy atom. The fourth-order valence-corrected chi connectivity index (χ4v) is 4.46. The van der Waals surface area contributed by atoms with E-state index < -0.39 is 26.6 Å². The quantitative estimate of drug-likeness (QED) is 0.471. The second-order valence-corrected chi connectivity index (χ2v) is 7.42. The Hall–Kier alpha value is -2.00. The van der Waals surface area contributed by atoms with Gasteiger partial charge in [0.25, 0.3) is 5.69 Å². The number of nitro groups is 1. The Balaban J connectivity index is 2.39. The first-order valence-corrected chi connectivity index (χ1v) is 8.58. The molecule has 0 bridgehead atoms. The standard InChI is InChI=1S/C14H18N2O6S/c1-11(17)22-14(2)9-3-4-10-15(14)23(20,21)13-7-5-12(6-8-13)16(18)19/h5-8H,3-4,9-10H2,1-2H3. The third kappa shape index (κ3) is 3.50. The zero-order valence-corrected chi connectivity index (χ0v) is 13.7. The number of rotatable bonds is 4. The van der Waals surface area contributed by atoms with E-state index in [1.807, 2.05) is 0 Å². The summed E-state index contributed by atoms with van der Waals surface area (Å²) in [5.41, 5.74) is -1.43. The molecule has 0 radical (unpaired) electrons. The van der Waals surface area contributed by atoms with Crippen molar-refractivity contribution >= 4 is 21.7 Å². The highest BCUT2D eigenvalue weighted by molar-refractivity contribution is 7.89. The molecule has 23 heavy (non-hydrogen) atoms. The van der Waals surface area contributed by atoms with Gasteiger partial charge in [0.05, 0.1) is 9.82 Å². The van der Waals surface area contributed by atoms with E-state index >= 15 is 0 Å². The van der Waals surface area contributed by atoms with Gasteiger partial charge in [0.2, 0.25) is 10.0 Å². The summed E-state index contributed by atoms with van der Waals surface area (Å²) in [5.74, 6) is -0.557. The van der Waals surface area contributed by atoms with Crippen molar-refractivity contribution < 1.29 is 22.9 Å². The van der Waals surface area contributed by atoms with E-state index in [1.54, 1.807) is 6.92 Å². The van der Waals surface area contributed by atoms with Gasteiger partial charge in [-0.3, -0.25) is 14.9 Å². The van der Waals surface area contributed by atoms with Gasteiger partial charge in [-0.2, -0.15) is 4.31 Å². The number of benzene rings is 1. The minimum absolute atomic E-state index is 0.0663. The number of hydrogen-bond acceptors (Lipinski definition) is 6. The Morgan fingerprint density at radius 3 is 2.43 bits per heavy atom. The van der Waals surface area contributed by atoms with E-state index in [9.17, 15) is 23.3 Å². The van der Waals surface area contributed by atoms with E-state index in [1.165, 1.54) is 19.1 Å². The molecule has 1 aliphatic heterocycles. The molecule has 1 unspecified atom stereocenters. The number of hydrogen-bond donors (Lipinski definition) is 0. The van der Waals surface area contributed by atoms with Crippen molar-refractivity contribution in [1.29, 1.82) is 0 Å². The molecule has 9 heteroatoms. The highest BCUT2D eigenvalue weighted by atomic mass is 32.2. The van der Waals surface area contributed by atoms with Crippen molar-refractivity contribution in [3.8, 4) is 0 Å². The minimum atomic E-state index is -3.92. The van der Waals surface area contributed by atoms with Gasteiger partial charge >= 0.3 is 5.97 Å². The predicted molar refractivity (Wildman–Crippen MR) is 81.0 cm³/mol. The van der Waals surface area contributed by atoms with Crippen molar-refractivity contribution in [3.05, 3.63) is 34.4 Å². The van der Waals surface area contributed by atoms with Crippen LogP contribution in [0, 0.1) is 10.1 Å². The zero-order chi connectivity index (χ0) is 17.3. The molecule has 1 atom stereocenters. The maximum Gasteiger partial charge on any atom is 0.304 e. The van der Waals surface area contributed by atoms with E-state index in [2.05, 4.69) is 0 Å². The lowest BCUT2D eigenvalue weighted by molar-refractivity contribution is -0.384. The van der Waals surface area contributed by atoms with E-state index in [4.69, 9.17) is 4.74 Å². The van der Waals surface area contributed by atoms with Gasteiger partial charge in [0.1, 0.15) is 0 Å². The van der Waals surface area contributed by atoms with Crippen molar-refractivity contribution in [1.82, 2.24) is 4.31 Å². The number of nitrogens with zero attached hydrogens (tertiary/aromatic N) is 2. The van der Waals surface area contributed by atoms with Crippen LogP contribution in [0.4, 0.5) is 5.69 Å². The number of piperidine rings is 1. The summed E-state index contributed by atoms with van der Waals surface area (Å²) in [5, 5.41) is 10.7. The average molecular weight is 342 g/mol. The van der Waals surface area contributed by atoms with Gasteiger partial charge in [-0.15, -0.1) is 0 Å². The van der Waals surface area contributed by atoms with Crippen LogP contribution in [0.5, 0.6) is 0 Å². The van der Waals surface area contributed by atoms with Gasteiger partial charge in [0.15, 0.2) is 5.72 Å². The Morgan fingerprint density at radius 2 is 1.91 bits per heavy atom. The fourth-order valence-electron chi connectivity index (χ4n) is 2.72. The van der Waals surface area contributed by atoms with Crippen LogP contribution in [-0.4, -0.2) is 35.9 Å². The number of esters is 1. The Labute approximate surface area is 134 Å². The minimum Gasteiger partial charge on any atom is -0.443 e. The molecule has 0 amide bonds. The SMILES string of the molecule is CC(=O)OC1(C)CCCCN1S(=O)(=O)c1ccc([N+](=O)[O-])cc1. The number of carbonyl (C=O) groups is 1. The maximum atomic E-state index is 12.8. The molecule has 1 heterocycles. The van der Waals surface area contributed by atoms with Gasteiger partial charge in [-0.1, -0.05) is 0 Å². The third-order valence-electron chi connectivity index (χ3n) is 3.78. The molecule has 0 saturated carbocycles. The van der Waals surface area contributed by atoms with E-state index in [-0.39, 0.29) is 17.1 Å². The highest BCUT2D eigenvalue weighted by Gasteiger charge is 2.45. The number of non-ortho nitro benzene ring substituents is 1. The van der Waals surface area contributed by atoms with Gasteiger partial charge in [-0.25, -0.2) is 8.42 Å². The van der Waals surface area contributed by atoms with Crippen LogP contribution in [0.2, 0.25) is 0 Å². The fraction of sp³-hybridized carbons (Fsp3) is 0.500. The van der Waals surface area contributed by atoms with Crippen LogP contribution < -0.4 is 0 Å². The summed E-state index contributed by atoms with van der Waals surface area (Å²) >= 11 is 0. The zero-order valence-electron chi connectivity index (χ0n) is 12.9. The molecule has 126 valence electrons. The summed E-state index contributed by atoms with van der Waals surface area (Å²) in [6.07, 6.45) is 1.80. The van der Waals surface area contributed by atoms with E-state index in [0.717, 1.165) is 22.9 Å². The van der Waals surface area contributed by atoms with Gasteiger partial charge in [0, 0.05) is 32.0 Å². The molecule has 1 fully saturated rings. The molecule has 0 N–H and O–H groups in total. The molecule has 2 rings (SSSR count). The summed E-state index contributed by atoms with van der Waals surface area (Å²) in [4.78, 5) is 21.3. The van der Waals surface area contributed by atoms with Crippen molar-refractivity contribution in [3.63, 3.8) is 0 Å². The van der Waals surface area contributed by atoms with Gasteiger partial charge in [-0.05, 0) is 31.9 Å². The molecule has 1 aliphatic rings. The predicted octanol–water partition coefficient (Wildman–Crippen LogP) is 2.05. The lowest BCUT2D eigenvalue weighted by Gasteiger charge is -2.42. The Bertz CT molecular complexity index is 715. The first-order valence-electron chi connectivity index (χ1n) is 7.14. The molecule has 0 aromatic heterocycles. The molecule has 8 nitrogen and oxygen atoms in total. The molecular formula is C14H18N2O6S. The lowest BCUT2D eigenvalue weighted by atomic mass is 10.0. The van der Waals surface area contributed by atoms with Crippen LogP contribution >= 0.6 is 0 Å². The van der Waals surface area contributed by atoms with Gasteiger partial charge < -0.3 is 4.74 Å². The lowest BCUT2D eigenvalue weighted by Crippen LogP contribution is -2.54. The van der Waals surface area contributed by atoms with Crippen LogP contribution in [0.15, 0.2) is 29.2 Å². The highest BCUT2D eigenvalue weighted by Crippen LogP contribution is 2.34. The number of ether oxygens (including phenoxy) is 1. The summed E-state index contributed by atoms with van der Waals surface area (Å²) in [6.45, 7) is 3.02. The Kier molecular flexibility index (Phi) is 4.71. The normalized spacial score (nSPS) is 22.5. The number of sulfonamides is 1. The van der Waals surface area contributed by atoms with Crippen molar-refractivity contribution in [2.24, 2.45) is 0 Å². The molecule has 1 aromatic rings. The second-order valence-electron chi connectivity index (χ2n) is 5.55. The van der Waals surface area contributed by atoms with Crippen LogP contribution in [-0.2, 0) is 19.6 Å². The van der Waals surface area contributed by atoms with Crippen molar-refractivity contribution in [2.75, 3.05) is 6.54 Å². The molecule has 0 spiro atoms. The molecule has 1 aromatic carbocycles. The summed E-state index contributed by atoms with van der Waals surface area (Å²) in [7, 11) is -3.92. The number of nitro benzene ring substituents is 1. The molecular weight excluding hydrogens is 324 g/mol. The average Bonchev–Trinajstić information content (AvgIpc) is 2.46. The smallest absolute Gasteiger partial charge is 0.304 e. The van der Waals surface area contributed by atoms with E-state index in [0.29, 0.717) is 12.8 Å². The summed E-state index contributed by atoms with van der Waals surface area (Å²) < 4.78 is 32.1. The monoisotopic (exact) mass is 342 g/mol. The van der Waals surface area contributed by atoms with Crippen molar-refractivity contribution in [2.45, 2.75) is 43.7 Å². The second kappa shape index (κ2) is 6.25. The van der Waals surface area contributed by atoms with Crippen LogP contribution in [0.1, 0.15) is 33.1 Å². The third-order valence-corrected chi connectivity index (χ3v) is 5.80. The maximum absolute atomic E-state index is 12.8. The molecule has 1 saturated heterocycles. The summed E-state index contributed by atoms with van der Waals surface area (Å²) in [6, 6.07) is 4.66. The number of carbonyl (C=O) groups excluding carboxylic acids is 1. The first kappa shape index (κ1) is 17.4. The largest absolute Gasteiger partial charge is 0.443 e. The van der Waals surface area contributed by atoms with Crippen LogP contribution in [0.25, 0.3) is 0 Å². The molecule has 0 aliphatic carbocycles. The topological polar surface area (TPSA) is 107 Å². The van der Waals surface area contributed by atoms with Crippen LogP contribution in [0.3, 0.4) is 0 Å².